The molecule has 0 bridgehead atoms. The first-order chi connectivity index (χ1) is 14.7. The normalized spacial score (nSPS) is 19.5. The number of aliphatic hydroxyl groups excluding tert-OH is 1. The van der Waals surface area contributed by atoms with Crippen LogP contribution in [0.1, 0.15) is 25.3 Å². The molecule has 1 aromatic carbocycles. The first kappa shape index (κ1) is 20.8. The van der Waals surface area contributed by atoms with Crippen LogP contribution in [0.25, 0.3) is 11.0 Å². The molecule has 3 heterocycles. The predicted molar refractivity (Wildman–Crippen MR) is 118 cm³/mol. The molecule has 0 spiro atoms. The topological polar surface area (TPSA) is 75.4 Å². The van der Waals surface area contributed by atoms with Crippen LogP contribution < -0.4 is 20.0 Å². The van der Waals surface area contributed by atoms with Gasteiger partial charge in [0.25, 0.3) is 0 Å². The van der Waals surface area contributed by atoms with Crippen molar-refractivity contribution in [3.05, 3.63) is 40.6 Å². The molecule has 2 aliphatic heterocycles. The van der Waals surface area contributed by atoms with Crippen molar-refractivity contribution < 1.29 is 19.0 Å². The standard InChI is InChI=1S/C23H30N2O5/c1-3-6-17-19(25-10-5-7-16(25)15-26)9-8-18-20(27)22(29-4-2)23(30-21(17)18)24-11-13-28-14-12-24/h3,8-9,16,26H,1,4-7,10-15H2,2H3. The van der Waals surface area contributed by atoms with Crippen LogP contribution in [0.15, 0.2) is 34.0 Å². The molecule has 2 saturated heterocycles. The van der Waals surface area contributed by atoms with Crippen molar-refractivity contribution in [3.8, 4) is 5.75 Å². The Morgan fingerprint density at radius 1 is 1.30 bits per heavy atom. The minimum atomic E-state index is -0.156. The zero-order valence-electron chi connectivity index (χ0n) is 17.6. The molecule has 1 atom stereocenters. The quantitative estimate of drug-likeness (QED) is 0.698. The summed E-state index contributed by atoms with van der Waals surface area (Å²) < 4.78 is 17.6. The average Bonchev–Trinajstić information content (AvgIpc) is 3.25. The van der Waals surface area contributed by atoms with Crippen LogP contribution in [0.4, 0.5) is 11.6 Å². The highest BCUT2D eigenvalue weighted by Crippen LogP contribution is 2.37. The Balaban J connectivity index is 1.93. The summed E-state index contributed by atoms with van der Waals surface area (Å²) in [7, 11) is 0. The Hall–Kier alpha value is -2.51. The number of morpholine rings is 1. The van der Waals surface area contributed by atoms with Crippen molar-refractivity contribution in [3.63, 3.8) is 0 Å². The highest BCUT2D eigenvalue weighted by atomic mass is 16.5. The fourth-order valence-corrected chi connectivity index (χ4v) is 4.47. The van der Waals surface area contributed by atoms with Crippen molar-refractivity contribution in [2.24, 2.45) is 0 Å². The Bertz CT molecular complexity index is 964. The molecule has 1 N–H and O–H groups in total. The Morgan fingerprint density at radius 2 is 2.10 bits per heavy atom. The number of allylic oxidation sites excluding steroid dienone is 1. The second-order valence-electron chi connectivity index (χ2n) is 7.70. The highest BCUT2D eigenvalue weighted by Gasteiger charge is 2.29. The lowest BCUT2D eigenvalue weighted by molar-refractivity contribution is 0.120. The van der Waals surface area contributed by atoms with Crippen molar-refractivity contribution in [2.75, 3.05) is 55.9 Å². The summed E-state index contributed by atoms with van der Waals surface area (Å²) in [4.78, 5) is 17.6. The Labute approximate surface area is 176 Å². The molecule has 0 amide bonds. The van der Waals surface area contributed by atoms with Gasteiger partial charge < -0.3 is 28.8 Å². The van der Waals surface area contributed by atoms with Gasteiger partial charge in [0.1, 0.15) is 5.58 Å². The van der Waals surface area contributed by atoms with Gasteiger partial charge >= 0.3 is 0 Å². The van der Waals surface area contributed by atoms with Gasteiger partial charge in [0.2, 0.25) is 17.1 Å². The molecule has 30 heavy (non-hydrogen) atoms. The number of hydrogen-bond acceptors (Lipinski definition) is 7. The van der Waals surface area contributed by atoms with Crippen LogP contribution in [0.5, 0.6) is 5.75 Å². The third kappa shape index (κ3) is 3.68. The van der Waals surface area contributed by atoms with E-state index >= 15 is 0 Å². The van der Waals surface area contributed by atoms with Gasteiger partial charge in [-0.3, -0.25) is 4.79 Å². The molecular formula is C23H30N2O5. The predicted octanol–water partition coefficient (Wildman–Crippen LogP) is 2.72. The minimum Gasteiger partial charge on any atom is -0.485 e. The van der Waals surface area contributed by atoms with Gasteiger partial charge in [0.15, 0.2) is 0 Å². The van der Waals surface area contributed by atoms with Gasteiger partial charge in [-0.1, -0.05) is 6.08 Å². The van der Waals surface area contributed by atoms with E-state index in [1.165, 1.54) is 0 Å². The molecule has 4 rings (SSSR count). The maximum atomic E-state index is 13.4. The number of fused-ring (bicyclic) bond motifs is 1. The van der Waals surface area contributed by atoms with E-state index in [2.05, 4.69) is 11.5 Å². The molecule has 0 aliphatic carbocycles. The molecule has 7 heteroatoms. The number of rotatable bonds is 7. The van der Waals surface area contributed by atoms with Crippen molar-refractivity contribution in [2.45, 2.75) is 32.2 Å². The average molecular weight is 415 g/mol. The molecule has 0 saturated carbocycles. The van der Waals surface area contributed by atoms with E-state index in [1.807, 2.05) is 30.0 Å². The SMILES string of the molecule is C=CCc1c(N2CCCC2CO)ccc2c(=O)c(OCC)c(N3CCOCC3)oc12. The highest BCUT2D eigenvalue weighted by molar-refractivity contribution is 5.88. The largest absolute Gasteiger partial charge is 0.485 e. The third-order valence-corrected chi connectivity index (χ3v) is 5.91. The lowest BCUT2D eigenvalue weighted by atomic mass is 10.0. The number of ether oxygens (including phenoxy) is 2. The number of nitrogens with zero attached hydrogens (tertiary/aromatic N) is 2. The van der Waals surface area contributed by atoms with Gasteiger partial charge in [-0.15, -0.1) is 6.58 Å². The molecular weight excluding hydrogens is 384 g/mol. The molecule has 2 aliphatic rings. The maximum Gasteiger partial charge on any atom is 0.243 e. The summed E-state index contributed by atoms with van der Waals surface area (Å²) in [6, 6.07) is 3.87. The van der Waals surface area contributed by atoms with E-state index in [0.717, 1.165) is 30.6 Å². The summed E-state index contributed by atoms with van der Waals surface area (Å²) in [6.45, 7) is 9.59. The first-order valence-electron chi connectivity index (χ1n) is 10.8. The third-order valence-electron chi connectivity index (χ3n) is 5.91. The van der Waals surface area contributed by atoms with Crippen LogP contribution in [0.3, 0.4) is 0 Å². The molecule has 1 aromatic heterocycles. The summed E-state index contributed by atoms with van der Waals surface area (Å²) >= 11 is 0. The number of benzene rings is 1. The zero-order chi connectivity index (χ0) is 21.1. The summed E-state index contributed by atoms with van der Waals surface area (Å²) in [5, 5.41) is 10.3. The molecule has 2 fully saturated rings. The Morgan fingerprint density at radius 3 is 2.80 bits per heavy atom. The number of hydrogen-bond donors (Lipinski definition) is 1. The molecule has 7 nitrogen and oxygen atoms in total. The van der Waals surface area contributed by atoms with Crippen molar-refractivity contribution in [1.29, 1.82) is 0 Å². The summed E-state index contributed by atoms with van der Waals surface area (Å²) in [5.41, 5.74) is 2.35. The summed E-state index contributed by atoms with van der Waals surface area (Å²) in [6.07, 6.45) is 4.38. The minimum absolute atomic E-state index is 0.0825. The monoisotopic (exact) mass is 414 g/mol. The van der Waals surface area contributed by atoms with E-state index in [1.54, 1.807) is 0 Å². The number of anilines is 2. The van der Waals surface area contributed by atoms with E-state index in [4.69, 9.17) is 13.9 Å². The summed E-state index contributed by atoms with van der Waals surface area (Å²) in [5.74, 6) is 0.735. The second-order valence-corrected chi connectivity index (χ2v) is 7.70. The molecule has 0 radical (unpaired) electrons. The maximum absolute atomic E-state index is 13.4. The number of aliphatic hydroxyl groups is 1. The Kier molecular flexibility index (Phi) is 6.29. The van der Waals surface area contributed by atoms with Gasteiger partial charge in [0, 0.05) is 30.9 Å². The zero-order valence-corrected chi connectivity index (χ0v) is 17.6. The van der Waals surface area contributed by atoms with Gasteiger partial charge in [0.05, 0.1) is 37.9 Å². The van der Waals surface area contributed by atoms with Crippen LogP contribution in [0.2, 0.25) is 0 Å². The van der Waals surface area contributed by atoms with Crippen LogP contribution in [0, 0.1) is 0 Å². The molecule has 162 valence electrons. The first-order valence-corrected chi connectivity index (χ1v) is 10.8. The van der Waals surface area contributed by atoms with Gasteiger partial charge in [-0.2, -0.15) is 0 Å². The lowest BCUT2D eigenvalue weighted by Crippen LogP contribution is -2.37. The van der Waals surface area contributed by atoms with Crippen molar-refractivity contribution in [1.82, 2.24) is 0 Å². The van der Waals surface area contributed by atoms with Gasteiger partial charge in [-0.05, 0) is 38.3 Å². The van der Waals surface area contributed by atoms with E-state index < -0.39 is 0 Å². The molecule has 2 aromatic rings. The van der Waals surface area contributed by atoms with Crippen LogP contribution in [-0.2, 0) is 11.2 Å². The van der Waals surface area contributed by atoms with E-state index in [-0.39, 0.29) is 23.8 Å². The van der Waals surface area contributed by atoms with Gasteiger partial charge in [-0.25, -0.2) is 0 Å². The smallest absolute Gasteiger partial charge is 0.243 e. The second kappa shape index (κ2) is 9.10. The van der Waals surface area contributed by atoms with E-state index in [0.29, 0.717) is 56.2 Å². The van der Waals surface area contributed by atoms with Crippen LogP contribution >= 0.6 is 0 Å². The fourth-order valence-electron chi connectivity index (χ4n) is 4.47. The van der Waals surface area contributed by atoms with E-state index in [9.17, 15) is 9.90 Å². The fraction of sp³-hybridized carbons (Fsp3) is 0.522. The van der Waals surface area contributed by atoms with Crippen LogP contribution in [-0.4, -0.2) is 57.2 Å². The lowest BCUT2D eigenvalue weighted by Gasteiger charge is -2.30. The van der Waals surface area contributed by atoms with Crippen molar-refractivity contribution >= 4 is 22.5 Å². The molecule has 1 unspecified atom stereocenters.